The third kappa shape index (κ3) is 2.76. The normalized spacial score (nSPS) is 12.4. The van der Waals surface area contributed by atoms with E-state index in [1.54, 1.807) is 36.4 Å². The first kappa shape index (κ1) is 16.4. The van der Waals surface area contributed by atoms with Gasteiger partial charge < -0.3 is 14.2 Å². The molecule has 3 aromatic rings. The van der Waals surface area contributed by atoms with Crippen molar-refractivity contribution < 1.29 is 19.0 Å². The molecule has 0 spiro atoms. The van der Waals surface area contributed by atoms with E-state index in [2.05, 4.69) is 5.10 Å². The van der Waals surface area contributed by atoms with Crippen LogP contribution in [0.5, 0.6) is 11.5 Å². The minimum Gasteiger partial charge on any atom is -0.456 e. The van der Waals surface area contributed by atoms with Crippen LogP contribution in [0.1, 0.15) is 16.1 Å². The number of hydrogen-bond donors (Lipinski definition) is 0. The molecular formula is C18H13ClN2O5. The average molecular weight is 373 g/mol. The number of halogens is 1. The number of ether oxygens (including phenoxy) is 3. The van der Waals surface area contributed by atoms with Gasteiger partial charge in [0.1, 0.15) is 6.61 Å². The molecule has 1 aliphatic rings. The molecule has 0 fully saturated rings. The highest BCUT2D eigenvalue weighted by molar-refractivity contribution is 6.32. The molecular weight excluding hydrogens is 360 g/mol. The van der Waals surface area contributed by atoms with Gasteiger partial charge in [0.15, 0.2) is 17.2 Å². The van der Waals surface area contributed by atoms with Crippen molar-refractivity contribution in [2.24, 2.45) is 7.05 Å². The van der Waals surface area contributed by atoms with Gasteiger partial charge in [-0.1, -0.05) is 29.8 Å². The first-order valence-electron chi connectivity index (χ1n) is 7.76. The minimum atomic E-state index is -0.634. The SMILES string of the molecule is Cn1nc(C(=O)OCc2cc(Cl)c3c(c2)OCO3)c2ccccc2c1=O. The van der Waals surface area contributed by atoms with E-state index >= 15 is 0 Å². The molecule has 132 valence electrons. The van der Waals surface area contributed by atoms with E-state index in [1.807, 2.05) is 0 Å². The second-order valence-electron chi connectivity index (χ2n) is 5.71. The summed E-state index contributed by atoms with van der Waals surface area (Å²) >= 11 is 6.13. The summed E-state index contributed by atoms with van der Waals surface area (Å²) in [6.07, 6.45) is 0. The van der Waals surface area contributed by atoms with Crippen LogP contribution in [-0.2, 0) is 18.4 Å². The zero-order valence-corrected chi connectivity index (χ0v) is 14.4. The molecule has 0 saturated carbocycles. The van der Waals surface area contributed by atoms with E-state index in [0.717, 1.165) is 4.68 Å². The maximum Gasteiger partial charge on any atom is 0.359 e. The first-order chi connectivity index (χ1) is 12.5. The van der Waals surface area contributed by atoms with Gasteiger partial charge in [-0.25, -0.2) is 9.48 Å². The van der Waals surface area contributed by atoms with Crippen molar-refractivity contribution in [2.75, 3.05) is 6.79 Å². The fourth-order valence-corrected chi connectivity index (χ4v) is 3.06. The summed E-state index contributed by atoms with van der Waals surface area (Å²) < 4.78 is 17.0. The molecule has 0 N–H and O–H groups in total. The number of aromatic nitrogens is 2. The Morgan fingerprint density at radius 2 is 2.04 bits per heavy atom. The van der Waals surface area contributed by atoms with Crippen LogP contribution >= 0.6 is 11.6 Å². The van der Waals surface area contributed by atoms with Crippen LogP contribution < -0.4 is 15.0 Å². The number of hydrogen-bond acceptors (Lipinski definition) is 6. The van der Waals surface area contributed by atoms with E-state index in [4.69, 9.17) is 25.8 Å². The number of carbonyl (C=O) groups is 1. The Morgan fingerprint density at radius 1 is 1.27 bits per heavy atom. The summed E-state index contributed by atoms with van der Waals surface area (Å²) in [5, 5.41) is 5.29. The highest BCUT2D eigenvalue weighted by Gasteiger charge is 2.20. The van der Waals surface area contributed by atoms with Crippen molar-refractivity contribution in [1.29, 1.82) is 0 Å². The second kappa shape index (κ2) is 6.34. The summed E-state index contributed by atoms with van der Waals surface area (Å²) in [7, 11) is 1.49. The van der Waals surface area contributed by atoms with Crippen molar-refractivity contribution in [1.82, 2.24) is 9.78 Å². The van der Waals surface area contributed by atoms with Crippen molar-refractivity contribution in [3.05, 3.63) is 63.0 Å². The lowest BCUT2D eigenvalue weighted by atomic mass is 10.1. The first-order valence-corrected chi connectivity index (χ1v) is 8.13. The molecule has 1 aliphatic heterocycles. The van der Waals surface area contributed by atoms with E-state index in [0.29, 0.717) is 32.9 Å². The largest absolute Gasteiger partial charge is 0.456 e. The van der Waals surface area contributed by atoms with Crippen LogP contribution in [0.25, 0.3) is 10.8 Å². The lowest BCUT2D eigenvalue weighted by Gasteiger charge is -2.09. The fraction of sp³-hybridized carbons (Fsp3) is 0.167. The van der Waals surface area contributed by atoms with E-state index in [1.165, 1.54) is 7.05 Å². The molecule has 0 amide bonds. The van der Waals surface area contributed by atoms with Crippen LogP contribution in [0.15, 0.2) is 41.2 Å². The molecule has 4 rings (SSSR count). The van der Waals surface area contributed by atoms with Crippen molar-refractivity contribution in [3.8, 4) is 11.5 Å². The number of benzene rings is 2. The standard InChI is InChI=1S/C18H13ClN2O5/c1-21-17(22)12-5-3-2-4-11(12)15(20-21)18(23)24-8-10-6-13(19)16-14(7-10)25-9-26-16/h2-7H,8-9H2,1H3. The minimum absolute atomic E-state index is 0.0198. The predicted octanol–water partition coefficient (Wildman–Crippen LogP) is 2.67. The molecule has 0 unspecified atom stereocenters. The van der Waals surface area contributed by atoms with Gasteiger partial charge in [-0.05, 0) is 23.8 Å². The number of aryl methyl sites for hydroxylation is 1. The van der Waals surface area contributed by atoms with Crippen LogP contribution in [0.4, 0.5) is 0 Å². The smallest absolute Gasteiger partial charge is 0.359 e. The Kier molecular flexibility index (Phi) is 4.00. The Bertz CT molecular complexity index is 1090. The molecule has 8 heteroatoms. The third-order valence-corrected chi connectivity index (χ3v) is 4.29. The van der Waals surface area contributed by atoms with Gasteiger partial charge in [0.05, 0.1) is 10.4 Å². The summed E-state index contributed by atoms with van der Waals surface area (Å²) in [5.41, 5.74) is 0.455. The van der Waals surface area contributed by atoms with Gasteiger partial charge in [-0.3, -0.25) is 4.79 Å². The number of rotatable bonds is 3. The molecule has 0 atom stereocenters. The van der Waals surface area contributed by atoms with Crippen molar-refractivity contribution in [3.63, 3.8) is 0 Å². The summed E-state index contributed by atoms with van der Waals surface area (Å²) in [4.78, 5) is 24.7. The van der Waals surface area contributed by atoms with Gasteiger partial charge in [0.2, 0.25) is 6.79 Å². The van der Waals surface area contributed by atoms with Crippen LogP contribution in [-0.4, -0.2) is 22.5 Å². The van der Waals surface area contributed by atoms with E-state index < -0.39 is 5.97 Å². The highest BCUT2D eigenvalue weighted by atomic mass is 35.5. The maximum absolute atomic E-state index is 12.5. The Hall–Kier alpha value is -3.06. The zero-order chi connectivity index (χ0) is 18.3. The fourth-order valence-electron chi connectivity index (χ4n) is 2.77. The van der Waals surface area contributed by atoms with Gasteiger partial charge in [-0.2, -0.15) is 5.10 Å². The number of esters is 1. The molecule has 0 saturated heterocycles. The number of nitrogens with zero attached hydrogens (tertiary/aromatic N) is 2. The Balaban J connectivity index is 1.62. The summed E-state index contributed by atoms with van der Waals surface area (Å²) in [5.74, 6) is 0.354. The van der Waals surface area contributed by atoms with Crippen molar-refractivity contribution in [2.45, 2.75) is 6.61 Å². The van der Waals surface area contributed by atoms with Crippen molar-refractivity contribution >= 4 is 28.3 Å². The molecule has 0 radical (unpaired) electrons. The zero-order valence-electron chi connectivity index (χ0n) is 13.7. The van der Waals surface area contributed by atoms with Gasteiger partial charge >= 0.3 is 5.97 Å². The second-order valence-corrected chi connectivity index (χ2v) is 6.12. The lowest BCUT2D eigenvalue weighted by Crippen LogP contribution is -2.23. The molecule has 2 aromatic carbocycles. The van der Waals surface area contributed by atoms with Gasteiger partial charge in [0, 0.05) is 12.4 Å². The summed E-state index contributed by atoms with van der Waals surface area (Å²) in [6.45, 7) is 0.0836. The quantitative estimate of drug-likeness (QED) is 0.658. The van der Waals surface area contributed by atoms with Crippen LogP contribution in [0, 0.1) is 0 Å². The van der Waals surface area contributed by atoms with Gasteiger partial charge in [0.25, 0.3) is 5.56 Å². The molecule has 7 nitrogen and oxygen atoms in total. The highest BCUT2D eigenvalue weighted by Crippen LogP contribution is 2.39. The van der Waals surface area contributed by atoms with Crippen LogP contribution in [0.2, 0.25) is 5.02 Å². The third-order valence-electron chi connectivity index (χ3n) is 4.01. The van der Waals surface area contributed by atoms with Crippen LogP contribution in [0.3, 0.4) is 0 Å². The molecule has 26 heavy (non-hydrogen) atoms. The Morgan fingerprint density at radius 3 is 2.85 bits per heavy atom. The lowest BCUT2D eigenvalue weighted by molar-refractivity contribution is 0.0465. The molecule has 0 aliphatic carbocycles. The average Bonchev–Trinajstić information content (AvgIpc) is 3.12. The molecule has 1 aromatic heterocycles. The van der Waals surface area contributed by atoms with E-state index in [9.17, 15) is 9.59 Å². The Labute approximate surface area is 152 Å². The summed E-state index contributed by atoms with van der Waals surface area (Å²) in [6, 6.07) is 10.1. The molecule has 2 heterocycles. The topological polar surface area (TPSA) is 79.7 Å². The molecule has 0 bridgehead atoms. The number of carbonyl (C=O) groups excluding carboxylic acids is 1. The predicted molar refractivity (Wildman–Crippen MR) is 93.7 cm³/mol. The van der Waals surface area contributed by atoms with Gasteiger partial charge in [-0.15, -0.1) is 0 Å². The number of fused-ring (bicyclic) bond motifs is 2. The monoisotopic (exact) mass is 372 g/mol. The van der Waals surface area contributed by atoms with E-state index in [-0.39, 0.29) is 24.7 Å². The maximum atomic E-state index is 12.5.